The van der Waals surface area contributed by atoms with Gasteiger partial charge in [0, 0.05) is 18.2 Å². The fraction of sp³-hybridized carbons (Fsp3) is 0.200. The summed E-state index contributed by atoms with van der Waals surface area (Å²) in [6.07, 6.45) is 2.26. The zero-order valence-corrected chi connectivity index (χ0v) is 16.0. The Labute approximate surface area is 163 Å². The number of sulfonamides is 1. The van der Waals surface area contributed by atoms with E-state index in [2.05, 4.69) is 10.4 Å². The summed E-state index contributed by atoms with van der Waals surface area (Å²) in [5.41, 5.74) is 2.12. The largest absolute Gasteiger partial charge is 0.307 e. The third-order valence-electron chi connectivity index (χ3n) is 4.65. The maximum atomic E-state index is 12.6. The predicted octanol–water partition coefficient (Wildman–Crippen LogP) is 2.72. The maximum absolute atomic E-state index is 12.6. The molecule has 1 aliphatic heterocycles. The molecule has 1 aliphatic rings. The van der Waals surface area contributed by atoms with Crippen molar-refractivity contribution in [3.63, 3.8) is 0 Å². The number of amides is 1. The van der Waals surface area contributed by atoms with Crippen LogP contribution in [0.4, 0.5) is 11.5 Å². The van der Waals surface area contributed by atoms with Crippen LogP contribution in [0, 0.1) is 0 Å². The van der Waals surface area contributed by atoms with Crippen molar-refractivity contribution in [1.29, 1.82) is 0 Å². The summed E-state index contributed by atoms with van der Waals surface area (Å²) >= 11 is 0. The van der Waals surface area contributed by atoms with Crippen LogP contribution >= 0.6 is 0 Å². The van der Waals surface area contributed by atoms with Gasteiger partial charge < -0.3 is 5.32 Å². The lowest BCUT2D eigenvalue weighted by atomic mass is 10.2. The summed E-state index contributed by atoms with van der Waals surface area (Å²) in [6.45, 7) is 1.03. The molecular weight excluding hydrogens is 376 g/mol. The molecule has 1 fully saturated rings. The first-order valence-electron chi connectivity index (χ1n) is 9.00. The zero-order chi connectivity index (χ0) is 19.6. The third-order valence-corrected chi connectivity index (χ3v) is 6.52. The molecule has 4 rings (SSSR count). The second-order valence-corrected chi connectivity index (χ2v) is 8.62. The fourth-order valence-electron chi connectivity index (χ4n) is 3.22. The lowest BCUT2D eigenvalue weighted by molar-refractivity contribution is 0.102. The van der Waals surface area contributed by atoms with Gasteiger partial charge in [0.1, 0.15) is 5.82 Å². The van der Waals surface area contributed by atoms with Crippen molar-refractivity contribution in [3.05, 3.63) is 78.0 Å². The number of rotatable bonds is 5. The molecule has 28 heavy (non-hydrogen) atoms. The highest BCUT2D eigenvalue weighted by atomic mass is 32.2. The SMILES string of the molecule is O=C(Nc1ccnn1Cc1ccccc1)c1ccc(N2CCCS2(=O)=O)cc1. The smallest absolute Gasteiger partial charge is 0.256 e. The fourth-order valence-corrected chi connectivity index (χ4v) is 4.78. The van der Waals surface area contributed by atoms with Gasteiger partial charge >= 0.3 is 0 Å². The number of hydrogen-bond donors (Lipinski definition) is 1. The Morgan fingerprint density at radius 2 is 1.79 bits per heavy atom. The molecule has 0 unspecified atom stereocenters. The Kier molecular flexibility index (Phi) is 4.87. The number of anilines is 2. The minimum Gasteiger partial charge on any atom is -0.307 e. The summed E-state index contributed by atoms with van der Waals surface area (Å²) in [4.78, 5) is 12.6. The highest BCUT2D eigenvalue weighted by molar-refractivity contribution is 7.93. The monoisotopic (exact) mass is 396 g/mol. The van der Waals surface area contributed by atoms with Crippen molar-refractivity contribution in [2.75, 3.05) is 21.9 Å². The van der Waals surface area contributed by atoms with Crippen LogP contribution in [-0.4, -0.2) is 36.4 Å². The van der Waals surface area contributed by atoms with Crippen molar-refractivity contribution in [1.82, 2.24) is 9.78 Å². The minimum absolute atomic E-state index is 0.167. The molecule has 2 heterocycles. The molecule has 0 radical (unpaired) electrons. The van der Waals surface area contributed by atoms with Gasteiger partial charge in [0.15, 0.2) is 0 Å². The second kappa shape index (κ2) is 7.47. The van der Waals surface area contributed by atoms with E-state index in [1.165, 1.54) is 4.31 Å². The molecular formula is C20H20N4O3S. The molecule has 1 amide bonds. The van der Waals surface area contributed by atoms with Crippen molar-refractivity contribution >= 4 is 27.4 Å². The van der Waals surface area contributed by atoms with Gasteiger partial charge in [-0.1, -0.05) is 30.3 Å². The highest BCUT2D eigenvalue weighted by Crippen LogP contribution is 2.24. The van der Waals surface area contributed by atoms with E-state index in [0.29, 0.717) is 36.6 Å². The topological polar surface area (TPSA) is 84.3 Å². The summed E-state index contributed by atoms with van der Waals surface area (Å²) < 4.78 is 27.1. The molecule has 3 aromatic rings. The number of nitrogens with one attached hydrogen (secondary N) is 1. The van der Waals surface area contributed by atoms with E-state index < -0.39 is 10.0 Å². The van der Waals surface area contributed by atoms with Crippen molar-refractivity contribution in [3.8, 4) is 0 Å². The number of hydrogen-bond acceptors (Lipinski definition) is 4. The number of carbonyl (C=O) groups excluding carboxylic acids is 1. The van der Waals surface area contributed by atoms with Crippen LogP contribution in [0.2, 0.25) is 0 Å². The Hall–Kier alpha value is -3.13. The van der Waals surface area contributed by atoms with Gasteiger partial charge in [0.25, 0.3) is 5.91 Å². The molecule has 2 aromatic carbocycles. The zero-order valence-electron chi connectivity index (χ0n) is 15.2. The van der Waals surface area contributed by atoms with Gasteiger partial charge in [0.05, 0.1) is 24.2 Å². The van der Waals surface area contributed by atoms with Crippen LogP contribution < -0.4 is 9.62 Å². The van der Waals surface area contributed by atoms with Crippen molar-refractivity contribution in [2.45, 2.75) is 13.0 Å². The van der Waals surface area contributed by atoms with E-state index in [9.17, 15) is 13.2 Å². The van der Waals surface area contributed by atoms with Crippen molar-refractivity contribution in [2.24, 2.45) is 0 Å². The van der Waals surface area contributed by atoms with Gasteiger partial charge in [-0.15, -0.1) is 0 Å². The van der Waals surface area contributed by atoms with E-state index in [1.54, 1.807) is 41.2 Å². The standard InChI is InChI=1S/C20H20N4O3S/c25-20(17-7-9-18(10-8-17)24-13-4-14-28(24,26)27)22-19-11-12-21-23(19)15-16-5-2-1-3-6-16/h1-3,5-12H,4,13-15H2,(H,22,25). The Bertz CT molecular complexity index is 1080. The molecule has 0 atom stereocenters. The molecule has 1 aromatic heterocycles. The van der Waals surface area contributed by atoms with Gasteiger partial charge in [0.2, 0.25) is 10.0 Å². The number of aromatic nitrogens is 2. The van der Waals surface area contributed by atoms with Crippen LogP contribution in [0.25, 0.3) is 0 Å². The van der Waals surface area contributed by atoms with E-state index >= 15 is 0 Å². The van der Waals surface area contributed by atoms with Gasteiger partial charge in [-0.3, -0.25) is 9.10 Å². The predicted molar refractivity (Wildman–Crippen MR) is 108 cm³/mol. The molecule has 0 bridgehead atoms. The average molecular weight is 396 g/mol. The van der Waals surface area contributed by atoms with Crippen LogP contribution in [0.15, 0.2) is 66.9 Å². The third kappa shape index (κ3) is 3.77. The Morgan fingerprint density at radius 1 is 1.04 bits per heavy atom. The summed E-state index contributed by atoms with van der Waals surface area (Å²) in [5, 5.41) is 7.13. The number of carbonyl (C=O) groups is 1. The average Bonchev–Trinajstić information content (AvgIpc) is 3.28. The van der Waals surface area contributed by atoms with Crippen LogP contribution in [0.5, 0.6) is 0 Å². The van der Waals surface area contributed by atoms with Crippen molar-refractivity contribution < 1.29 is 13.2 Å². The van der Waals surface area contributed by atoms with E-state index in [0.717, 1.165) is 5.56 Å². The van der Waals surface area contributed by atoms with E-state index in [-0.39, 0.29) is 11.7 Å². The van der Waals surface area contributed by atoms with Crippen LogP contribution in [0.3, 0.4) is 0 Å². The molecule has 1 saturated heterocycles. The molecule has 144 valence electrons. The molecule has 0 spiro atoms. The Morgan fingerprint density at radius 3 is 2.46 bits per heavy atom. The first-order chi connectivity index (χ1) is 13.5. The van der Waals surface area contributed by atoms with Gasteiger partial charge in [-0.05, 0) is 36.2 Å². The normalized spacial score (nSPS) is 15.5. The lowest BCUT2D eigenvalue weighted by Gasteiger charge is -2.17. The van der Waals surface area contributed by atoms with Gasteiger partial charge in [-0.25, -0.2) is 13.1 Å². The lowest BCUT2D eigenvalue weighted by Crippen LogP contribution is -2.25. The molecule has 0 saturated carbocycles. The molecule has 0 aliphatic carbocycles. The van der Waals surface area contributed by atoms with E-state index in [4.69, 9.17) is 0 Å². The number of benzene rings is 2. The first-order valence-corrected chi connectivity index (χ1v) is 10.6. The van der Waals surface area contributed by atoms with Crippen LogP contribution in [-0.2, 0) is 16.6 Å². The summed E-state index contributed by atoms with van der Waals surface area (Å²) in [7, 11) is -3.23. The van der Waals surface area contributed by atoms with Crippen LogP contribution in [0.1, 0.15) is 22.3 Å². The quantitative estimate of drug-likeness (QED) is 0.719. The number of nitrogens with zero attached hydrogens (tertiary/aromatic N) is 3. The highest BCUT2D eigenvalue weighted by Gasteiger charge is 2.28. The molecule has 7 nitrogen and oxygen atoms in total. The summed E-state index contributed by atoms with van der Waals surface area (Å²) in [6, 6.07) is 18.2. The summed E-state index contributed by atoms with van der Waals surface area (Å²) in [5.74, 6) is 0.492. The first kappa shape index (κ1) is 18.2. The molecule has 1 N–H and O–H groups in total. The van der Waals surface area contributed by atoms with E-state index in [1.807, 2.05) is 30.3 Å². The van der Waals surface area contributed by atoms with Gasteiger partial charge in [-0.2, -0.15) is 5.10 Å². The Balaban J connectivity index is 1.47. The second-order valence-electron chi connectivity index (χ2n) is 6.60. The minimum atomic E-state index is -3.23. The maximum Gasteiger partial charge on any atom is 0.256 e. The molecule has 8 heteroatoms.